The van der Waals surface area contributed by atoms with Gasteiger partial charge in [0.1, 0.15) is 5.25 Å². The first-order chi connectivity index (χ1) is 18.2. The van der Waals surface area contributed by atoms with Gasteiger partial charge in [0.05, 0.1) is 11.3 Å². The van der Waals surface area contributed by atoms with Gasteiger partial charge in [-0.2, -0.15) is 0 Å². The molecule has 0 saturated heterocycles. The molecule has 38 heavy (non-hydrogen) atoms. The average molecular weight is 566 g/mol. The van der Waals surface area contributed by atoms with Crippen molar-refractivity contribution >= 4 is 56.6 Å². The molecule has 2 amide bonds. The maximum absolute atomic E-state index is 13.3. The minimum absolute atomic E-state index is 0.0422. The van der Waals surface area contributed by atoms with E-state index in [2.05, 4.69) is 10.6 Å². The smallest absolute Gasteiger partial charge is 0.242 e. The van der Waals surface area contributed by atoms with Crippen molar-refractivity contribution in [3.8, 4) is 0 Å². The van der Waals surface area contributed by atoms with Crippen LogP contribution in [0.4, 0.5) is 11.4 Å². The number of anilines is 2. The zero-order valence-electron chi connectivity index (χ0n) is 20.0. The predicted octanol–water partition coefficient (Wildman–Crippen LogP) is 5.64. The van der Waals surface area contributed by atoms with Crippen LogP contribution in [0.1, 0.15) is 16.4 Å². The van der Waals surface area contributed by atoms with Gasteiger partial charge in [-0.05, 0) is 65.7 Å². The number of nitrogens with two attached hydrogens (primary N) is 1. The Morgan fingerprint density at radius 1 is 0.816 bits per heavy atom. The standard InChI is InChI=1S/C28H24ClN3O4S2/c29-21-11-9-19(10-12-21)17-26(33)31-23-7-4-8-24(18-23)37-27(20-5-2-1-3-6-20)28(34)32-22-13-15-25(16-14-22)38(30,35)36/h1-16,18,27H,17H2,(H,31,33)(H,32,34)(H2,30,35,36). The number of hydrogen-bond donors (Lipinski definition) is 3. The van der Waals surface area contributed by atoms with Crippen molar-refractivity contribution in [3.63, 3.8) is 0 Å². The maximum atomic E-state index is 13.3. The van der Waals surface area contributed by atoms with Gasteiger partial charge in [0.25, 0.3) is 0 Å². The number of halogens is 1. The summed E-state index contributed by atoms with van der Waals surface area (Å²) in [5.41, 5.74) is 2.68. The van der Waals surface area contributed by atoms with Gasteiger partial charge in [-0.3, -0.25) is 9.59 Å². The third-order valence-corrected chi connectivity index (χ3v) is 7.87. The van der Waals surface area contributed by atoms with Crippen LogP contribution < -0.4 is 15.8 Å². The number of thioether (sulfide) groups is 1. The van der Waals surface area contributed by atoms with Crippen LogP contribution in [-0.4, -0.2) is 20.2 Å². The van der Waals surface area contributed by atoms with E-state index in [-0.39, 0.29) is 23.1 Å². The first-order valence-electron chi connectivity index (χ1n) is 11.5. The summed E-state index contributed by atoms with van der Waals surface area (Å²) in [5, 5.41) is 10.9. The number of carbonyl (C=O) groups is 2. The van der Waals surface area contributed by atoms with E-state index in [1.54, 1.807) is 30.3 Å². The second-order valence-electron chi connectivity index (χ2n) is 8.35. The van der Waals surface area contributed by atoms with Crippen molar-refractivity contribution < 1.29 is 18.0 Å². The Bertz CT molecular complexity index is 1530. The molecule has 7 nitrogen and oxygen atoms in total. The molecule has 0 spiro atoms. The highest BCUT2D eigenvalue weighted by Gasteiger charge is 2.23. The summed E-state index contributed by atoms with van der Waals surface area (Å²) in [7, 11) is -3.83. The van der Waals surface area contributed by atoms with E-state index in [0.29, 0.717) is 16.4 Å². The Balaban J connectivity index is 1.49. The number of amides is 2. The summed E-state index contributed by atoms with van der Waals surface area (Å²) in [6.07, 6.45) is 0.202. The van der Waals surface area contributed by atoms with Gasteiger partial charge in [0, 0.05) is 21.3 Å². The summed E-state index contributed by atoms with van der Waals surface area (Å²) in [6, 6.07) is 29.3. The molecule has 0 aliphatic carbocycles. The highest BCUT2D eigenvalue weighted by atomic mass is 35.5. The van der Waals surface area contributed by atoms with Gasteiger partial charge >= 0.3 is 0 Å². The molecule has 0 aliphatic heterocycles. The molecule has 10 heteroatoms. The molecular weight excluding hydrogens is 542 g/mol. The highest BCUT2D eigenvalue weighted by molar-refractivity contribution is 8.00. The largest absolute Gasteiger partial charge is 0.326 e. The summed E-state index contributed by atoms with van der Waals surface area (Å²) in [5.74, 6) is -0.462. The lowest BCUT2D eigenvalue weighted by molar-refractivity contribution is -0.116. The Labute approximate surface area is 230 Å². The highest BCUT2D eigenvalue weighted by Crippen LogP contribution is 2.37. The maximum Gasteiger partial charge on any atom is 0.242 e. The molecule has 0 heterocycles. The van der Waals surface area contributed by atoms with Crippen molar-refractivity contribution in [3.05, 3.63) is 119 Å². The minimum Gasteiger partial charge on any atom is -0.326 e. The summed E-state index contributed by atoms with van der Waals surface area (Å²) >= 11 is 7.24. The topological polar surface area (TPSA) is 118 Å². The molecule has 4 aromatic carbocycles. The van der Waals surface area contributed by atoms with Crippen LogP contribution in [0.25, 0.3) is 0 Å². The van der Waals surface area contributed by atoms with E-state index in [1.807, 2.05) is 48.5 Å². The number of rotatable bonds is 9. The van der Waals surface area contributed by atoms with E-state index in [1.165, 1.54) is 36.0 Å². The summed E-state index contributed by atoms with van der Waals surface area (Å²) in [6.45, 7) is 0. The van der Waals surface area contributed by atoms with Gasteiger partial charge < -0.3 is 10.6 Å². The number of benzene rings is 4. The molecule has 194 valence electrons. The minimum atomic E-state index is -3.83. The van der Waals surface area contributed by atoms with Crippen LogP contribution >= 0.6 is 23.4 Å². The van der Waals surface area contributed by atoms with Crippen LogP contribution in [-0.2, 0) is 26.0 Å². The Morgan fingerprint density at radius 3 is 2.16 bits per heavy atom. The fourth-order valence-corrected chi connectivity index (χ4v) is 5.34. The fourth-order valence-electron chi connectivity index (χ4n) is 3.61. The first kappa shape index (κ1) is 27.4. The number of nitrogens with one attached hydrogen (secondary N) is 2. The number of sulfonamides is 1. The number of hydrogen-bond acceptors (Lipinski definition) is 5. The van der Waals surface area contributed by atoms with Crippen molar-refractivity contribution in [2.24, 2.45) is 5.14 Å². The van der Waals surface area contributed by atoms with Gasteiger partial charge in [-0.15, -0.1) is 11.8 Å². The second kappa shape index (κ2) is 12.3. The number of carbonyl (C=O) groups excluding carboxylic acids is 2. The lowest BCUT2D eigenvalue weighted by Gasteiger charge is -2.18. The molecule has 1 unspecified atom stereocenters. The van der Waals surface area contributed by atoms with Crippen LogP contribution in [0, 0.1) is 0 Å². The zero-order valence-corrected chi connectivity index (χ0v) is 22.4. The molecule has 4 rings (SSSR count). The molecule has 0 aliphatic rings. The van der Waals surface area contributed by atoms with Crippen LogP contribution in [0.2, 0.25) is 5.02 Å². The van der Waals surface area contributed by atoms with Gasteiger partial charge in [0.15, 0.2) is 0 Å². The first-order valence-corrected chi connectivity index (χ1v) is 14.3. The van der Waals surface area contributed by atoms with Crippen molar-refractivity contribution in [2.75, 3.05) is 10.6 Å². The van der Waals surface area contributed by atoms with Crippen LogP contribution in [0.15, 0.2) is 113 Å². The fraction of sp³-hybridized carbons (Fsp3) is 0.0714. The molecular formula is C28H24ClN3O4S2. The molecule has 4 N–H and O–H groups in total. The van der Waals surface area contributed by atoms with Crippen molar-refractivity contribution in [1.82, 2.24) is 0 Å². The lowest BCUT2D eigenvalue weighted by atomic mass is 10.1. The number of primary sulfonamides is 1. The van der Waals surface area contributed by atoms with Crippen LogP contribution in [0.3, 0.4) is 0 Å². The second-order valence-corrected chi connectivity index (χ2v) is 11.5. The average Bonchev–Trinajstić information content (AvgIpc) is 2.89. The quantitative estimate of drug-likeness (QED) is 0.227. The predicted molar refractivity (Wildman–Crippen MR) is 152 cm³/mol. The van der Waals surface area contributed by atoms with E-state index in [0.717, 1.165) is 16.0 Å². The van der Waals surface area contributed by atoms with E-state index < -0.39 is 15.3 Å². The SMILES string of the molecule is NS(=O)(=O)c1ccc(NC(=O)C(Sc2cccc(NC(=O)Cc3ccc(Cl)cc3)c2)c2ccccc2)cc1. The van der Waals surface area contributed by atoms with Gasteiger partial charge in [-0.1, -0.05) is 60.1 Å². The molecule has 0 aromatic heterocycles. The Hall–Kier alpha value is -3.63. The van der Waals surface area contributed by atoms with Crippen molar-refractivity contribution in [1.29, 1.82) is 0 Å². The normalized spacial score (nSPS) is 11.9. The molecule has 4 aromatic rings. The molecule has 0 saturated carbocycles. The third kappa shape index (κ3) is 7.69. The molecule has 0 bridgehead atoms. The zero-order chi connectivity index (χ0) is 27.1. The Kier molecular flexibility index (Phi) is 8.85. The monoisotopic (exact) mass is 565 g/mol. The molecule has 0 radical (unpaired) electrons. The van der Waals surface area contributed by atoms with Gasteiger partial charge in [-0.25, -0.2) is 13.6 Å². The van der Waals surface area contributed by atoms with Gasteiger partial charge in [0.2, 0.25) is 21.8 Å². The van der Waals surface area contributed by atoms with Crippen molar-refractivity contribution in [2.45, 2.75) is 21.5 Å². The summed E-state index contributed by atoms with van der Waals surface area (Å²) < 4.78 is 23.0. The molecule has 0 fully saturated rings. The summed E-state index contributed by atoms with van der Waals surface area (Å²) in [4.78, 5) is 26.6. The lowest BCUT2D eigenvalue weighted by Crippen LogP contribution is -2.19. The van der Waals surface area contributed by atoms with Crippen LogP contribution in [0.5, 0.6) is 0 Å². The van der Waals surface area contributed by atoms with E-state index in [9.17, 15) is 18.0 Å². The van der Waals surface area contributed by atoms with E-state index >= 15 is 0 Å². The molecule has 1 atom stereocenters. The Morgan fingerprint density at radius 2 is 1.50 bits per heavy atom. The third-order valence-electron chi connectivity index (χ3n) is 5.44. The van der Waals surface area contributed by atoms with E-state index in [4.69, 9.17) is 16.7 Å².